The predicted molar refractivity (Wildman–Crippen MR) is 168 cm³/mol. The number of tetrazole rings is 1. The monoisotopic (exact) mass is 631 g/mol. The first-order chi connectivity index (χ1) is 21.7. The molecular weight excluding hydrogens is 598 g/mol. The first-order valence-electron chi connectivity index (χ1n) is 14.5. The lowest BCUT2D eigenvalue weighted by Crippen LogP contribution is -2.39. The number of amides is 2. The predicted octanol–water partition coefficient (Wildman–Crippen LogP) is 3.73. The SMILES string of the molecule is COC(=O)Cc1ccc2c(c1)N[C@@H](C(=O)N(C)C)CCCC[C@H](NC(=O)/C=C/c1cc(Cl)ccc1-n1cnnn1)c1ncc-2[nH]1. The highest BCUT2D eigenvalue weighted by atomic mass is 35.5. The summed E-state index contributed by atoms with van der Waals surface area (Å²) in [7, 11) is 4.80. The number of ether oxygens (including phenoxy) is 1. The minimum absolute atomic E-state index is 0.0567. The van der Waals surface area contributed by atoms with Crippen LogP contribution in [0, 0.1) is 0 Å². The zero-order valence-corrected chi connectivity index (χ0v) is 25.9. The van der Waals surface area contributed by atoms with Gasteiger partial charge in [0, 0.05) is 42.0 Å². The number of carbonyl (C=O) groups excluding carboxylic acids is 3. The number of rotatable bonds is 7. The van der Waals surface area contributed by atoms with Crippen LogP contribution in [-0.2, 0) is 25.5 Å². The Morgan fingerprint density at radius 3 is 2.73 bits per heavy atom. The standard InChI is InChI=1S/C31H34ClN9O4/c1-40(2)31(44)24-7-5-4-6-23(36-28(42)13-9-20-16-21(32)10-12-27(20)41-18-34-38-39-41)30-33-17-26(37-30)22-11-8-19(14-25(22)35-24)15-29(43)45-3/h8-14,16-18,23-24,35H,4-7,15H2,1-3H3,(H,33,37)(H,36,42)/b13-9+/t23-,24+/m0/s1. The van der Waals surface area contributed by atoms with Gasteiger partial charge in [0.1, 0.15) is 18.2 Å². The lowest BCUT2D eigenvalue weighted by atomic mass is 10.0. The molecule has 2 amide bonds. The molecule has 0 unspecified atom stereocenters. The number of H-pyrrole nitrogens is 1. The molecule has 0 saturated carbocycles. The van der Waals surface area contributed by atoms with E-state index in [4.69, 9.17) is 16.3 Å². The molecule has 14 heteroatoms. The maximum absolute atomic E-state index is 13.2. The molecule has 1 aliphatic heterocycles. The maximum Gasteiger partial charge on any atom is 0.309 e. The fourth-order valence-corrected chi connectivity index (χ4v) is 5.38. The number of esters is 1. The third kappa shape index (κ3) is 7.73. The summed E-state index contributed by atoms with van der Waals surface area (Å²) in [6.07, 6.45) is 9.00. The van der Waals surface area contributed by atoms with Gasteiger partial charge in [0.2, 0.25) is 11.8 Å². The maximum atomic E-state index is 13.2. The molecule has 2 aromatic heterocycles. The Morgan fingerprint density at radius 1 is 1.16 bits per heavy atom. The van der Waals surface area contributed by atoms with E-state index in [0.29, 0.717) is 46.3 Å². The lowest BCUT2D eigenvalue weighted by Gasteiger charge is -2.25. The van der Waals surface area contributed by atoms with Crippen LogP contribution in [0.4, 0.5) is 5.69 Å². The molecule has 0 spiro atoms. The molecule has 2 aromatic carbocycles. The van der Waals surface area contributed by atoms with E-state index < -0.39 is 12.1 Å². The molecular formula is C31H34ClN9O4. The number of fused-ring (bicyclic) bond motifs is 4. The van der Waals surface area contributed by atoms with Crippen LogP contribution in [0.2, 0.25) is 5.02 Å². The Bertz CT molecular complexity index is 1700. The summed E-state index contributed by atoms with van der Waals surface area (Å²) < 4.78 is 6.34. The number of nitrogens with zero attached hydrogens (tertiary/aromatic N) is 6. The van der Waals surface area contributed by atoms with E-state index in [1.54, 1.807) is 49.5 Å². The number of imidazole rings is 1. The van der Waals surface area contributed by atoms with Gasteiger partial charge in [0.15, 0.2) is 0 Å². The number of aromatic amines is 1. The van der Waals surface area contributed by atoms with Gasteiger partial charge in [-0.3, -0.25) is 14.4 Å². The number of nitrogens with one attached hydrogen (secondary N) is 3. The molecule has 3 heterocycles. The minimum Gasteiger partial charge on any atom is -0.469 e. The Morgan fingerprint density at radius 2 is 1.98 bits per heavy atom. The molecule has 4 aromatic rings. The van der Waals surface area contributed by atoms with Crippen LogP contribution < -0.4 is 10.6 Å². The number of hydrogen-bond donors (Lipinski definition) is 3. The van der Waals surface area contributed by atoms with Crippen molar-refractivity contribution in [1.29, 1.82) is 0 Å². The Hall–Kier alpha value is -5.04. The summed E-state index contributed by atoms with van der Waals surface area (Å²) >= 11 is 6.23. The van der Waals surface area contributed by atoms with Gasteiger partial charge >= 0.3 is 5.97 Å². The number of benzene rings is 2. The van der Waals surface area contributed by atoms with E-state index in [0.717, 1.165) is 24.0 Å². The third-order valence-corrected chi connectivity index (χ3v) is 7.73. The zero-order chi connectivity index (χ0) is 31.9. The molecule has 0 radical (unpaired) electrons. The lowest BCUT2D eigenvalue weighted by molar-refractivity contribution is -0.139. The molecule has 45 heavy (non-hydrogen) atoms. The Balaban J connectivity index is 1.42. The molecule has 2 atom stereocenters. The van der Waals surface area contributed by atoms with Crippen molar-refractivity contribution in [2.45, 2.75) is 44.2 Å². The summed E-state index contributed by atoms with van der Waals surface area (Å²) in [6, 6.07) is 9.90. The molecule has 234 valence electrons. The van der Waals surface area contributed by atoms with Gasteiger partial charge in [-0.1, -0.05) is 36.6 Å². The van der Waals surface area contributed by atoms with Gasteiger partial charge in [0.25, 0.3) is 0 Å². The summed E-state index contributed by atoms with van der Waals surface area (Å²) in [5.74, 6) is -0.126. The number of halogens is 1. The molecule has 13 nitrogen and oxygen atoms in total. The van der Waals surface area contributed by atoms with Crippen LogP contribution in [0.3, 0.4) is 0 Å². The van der Waals surface area contributed by atoms with E-state index in [9.17, 15) is 14.4 Å². The molecule has 1 aliphatic rings. The third-order valence-electron chi connectivity index (χ3n) is 7.50. The van der Waals surface area contributed by atoms with Crippen molar-refractivity contribution in [3.8, 4) is 16.9 Å². The number of methoxy groups -OCH3 is 1. The van der Waals surface area contributed by atoms with Crippen LogP contribution in [-0.4, -0.2) is 80.1 Å². The fraction of sp³-hybridized carbons (Fsp3) is 0.323. The van der Waals surface area contributed by atoms with Crippen molar-refractivity contribution in [3.05, 3.63) is 77.0 Å². The second-order valence-electron chi connectivity index (χ2n) is 10.9. The van der Waals surface area contributed by atoms with Crippen molar-refractivity contribution in [3.63, 3.8) is 0 Å². The van der Waals surface area contributed by atoms with E-state index in [1.165, 1.54) is 24.2 Å². The van der Waals surface area contributed by atoms with Crippen LogP contribution in [0.1, 0.15) is 48.7 Å². The summed E-state index contributed by atoms with van der Waals surface area (Å²) in [6.45, 7) is 0. The van der Waals surface area contributed by atoms with E-state index >= 15 is 0 Å². The largest absolute Gasteiger partial charge is 0.469 e. The molecule has 0 fully saturated rings. The first kappa shape index (κ1) is 31.4. The highest BCUT2D eigenvalue weighted by Crippen LogP contribution is 2.32. The summed E-state index contributed by atoms with van der Waals surface area (Å²) in [4.78, 5) is 47.9. The number of likely N-dealkylation sites (N-methyl/N-ethyl adjacent to an activating group) is 1. The van der Waals surface area contributed by atoms with Crippen molar-refractivity contribution in [2.75, 3.05) is 26.5 Å². The molecule has 0 saturated heterocycles. The van der Waals surface area contributed by atoms with Crippen LogP contribution >= 0.6 is 11.6 Å². The van der Waals surface area contributed by atoms with Crippen molar-refractivity contribution < 1.29 is 19.1 Å². The highest BCUT2D eigenvalue weighted by Gasteiger charge is 2.25. The van der Waals surface area contributed by atoms with Crippen LogP contribution in [0.5, 0.6) is 0 Å². The number of hydrogen-bond acceptors (Lipinski definition) is 9. The fourth-order valence-electron chi connectivity index (χ4n) is 5.20. The van der Waals surface area contributed by atoms with Crippen molar-refractivity contribution in [2.24, 2.45) is 0 Å². The van der Waals surface area contributed by atoms with E-state index in [-0.39, 0.29) is 24.2 Å². The van der Waals surface area contributed by atoms with E-state index in [2.05, 4.69) is 36.1 Å². The normalized spacial score (nSPS) is 16.5. The van der Waals surface area contributed by atoms with Gasteiger partial charge in [-0.15, -0.1) is 5.10 Å². The summed E-state index contributed by atoms with van der Waals surface area (Å²) in [5.41, 5.74) is 4.25. The summed E-state index contributed by atoms with van der Waals surface area (Å²) in [5, 5.41) is 18.3. The average Bonchev–Trinajstić information content (AvgIpc) is 3.73. The Labute approximate surface area is 265 Å². The first-order valence-corrected chi connectivity index (χ1v) is 14.8. The van der Waals surface area contributed by atoms with Gasteiger partial charge in [-0.05, 0) is 59.2 Å². The minimum atomic E-state index is -0.489. The van der Waals surface area contributed by atoms with Crippen LogP contribution in [0.25, 0.3) is 23.0 Å². The smallest absolute Gasteiger partial charge is 0.309 e. The molecule has 0 aliphatic carbocycles. The molecule has 3 N–H and O–H groups in total. The quantitative estimate of drug-likeness (QED) is 0.204. The van der Waals surface area contributed by atoms with Crippen LogP contribution in [0.15, 0.2) is 55.0 Å². The van der Waals surface area contributed by atoms with Gasteiger partial charge in [0.05, 0.1) is 37.2 Å². The van der Waals surface area contributed by atoms with Crippen molar-refractivity contribution >= 4 is 41.1 Å². The second kappa shape index (κ2) is 14.2. The molecule has 5 rings (SSSR count). The molecule has 2 bridgehead atoms. The number of anilines is 1. The van der Waals surface area contributed by atoms with Crippen molar-refractivity contribution in [1.82, 2.24) is 40.4 Å². The average molecular weight is 632 g/mol. The van der Waals surface area contributed by atoms with Gasteiger partial charge in [-0.2, -0.15) is 4.68 Å². The van der Waals surface area contributed by atoms with Gasteiger partial charge < -0.3 is 25.3 Å². The van der Waals surface area contributed by atoms with E-state index in [1.807, 2.05) is 18.2 Å². The van der Waals surface area contributed by atoms with Gasteiger partial charge in [-0.25, -0.2) is 4.98 Å². The Kier molecular flexibility index (Phi) is 9.88. The second-order valence-corrected chi connectivity index (χ2v) is 11.3. The zero-order valence-electron chi connectivity index (χ0n) is 25.2. The number of carbonyl (C=O) groups is 3. The topological polar surface area (TPSA) is 160 Å². The number of aromatic nitrogens is 6. The highest BCUT2D eigenvalue weighted by molar-refractivity contribution is 6.30.